The summed E-state index contributed by atoms with van der Waals surface area (Å²) in [6, 6.07) is 8.58. The van der Waals surface area contributed by atoms with E-state index in [1.807, 2.05) is 13.2 Å². The third-order valence-corrected chi connectivity index (χ3v) is 2.21. The second-order valence-corrected chi connectivity index (χ2v) is 3.56. The predicted octanol–water partition coefficient (Wildman–Crippen LogP) is 3.52. The molecular formula is C14H19N. The summed E-state index contributed by atoms with van der Waals surface area (Å²) in [4.78, 5) is 0. The lowest BCUT2D eigenvalue weighted by Gasteiger charge is -2.03. The molecule has 0 atom stereocenters. The first-order chi connectivity index (χ1) is 7.27. The number of hydrogen-bond donors (Lipinski definition) is 1. The van der Waals surface area contributed by atoms with E-state index in [4.69, 9.17) is 0 Å². The minimum atomic E-state index is 1.05. The van der Waals surface area contributed by atoms with Gasteiger partial charge in [0.2, 0.25) is 0 Å². The highest BCUT2D eigenvalue weighted by Gasteiger charge is 1.96. The highest BCUT2D eigenvalue weighted by atomic mass is 14.8. The summed E-state index contributed by atoms with van der Waals surface area (Å²) in [7, 11) is 1.91. The number of benzene rings is 1. The Bertz CT molecular complexity index is 361. The van der Waals surface area contributed by atoms with E-state index in [1.165, 1.54) is 16.7 Å². The van der Waals surface area contributed by atoms with Gasteiger partial charge >= 0.3 is 0 Å². The second kappa shape index (κ2) is 6.07. The Labute approximate surface area is 92.5 Å². The molecule has 1 N–H and O–H groups in total. The summed E-state index contributed by atoms with van der Waals surface area (Å²) < 4.78 is 0. The molecule has 0 aliphatic heterocycles. The van der Waals surface area contributed by atoms with Gasteiger partial charge in [0.05, 0.1) is 0 Å². The van der Waals surface area contributed by atoms with Crippen LogP contribution in [0.1, 0.15) is 24.5 Å². The molecule has 0 aromatic heterocycles. The molecule has 0 radical (unpaired) electrons. The molecule has 0 amide bonds. The van der Waals surface area contributed by atoms with Crippen molar-refractivity contribution in [2.45, 2.75) is 20.3 Å². The van der Waals surface area contributed by atoms with Gasteiger partial charge < -0.3 is 5.32 Å². The third-order valence-electron chi connectivity index (χ3n) is 2.21. The first kappa shape index (κ1) is 11.6. The summed E-state index contributed by atoms with van der Waals surface area (Å²) in [5.41, 5.74) is 3.85. The van der Waals surface area contributed by atoms with Crippen LogP contribution in [-0.2, 0) is 0 Å². The lowest BCUT2D eigenvalue weighted by molar-refractivity contribution is 1.10. The Morgan fingerprint density at radius 2 is 2.20 bits per heavy atom. The molecule has 1 aromatic carbocycles. The van der Waals surface area contributed by atoms with Gasteiger partial charge in [-0.1, -0.05) is 42.8 Å². The highest BCUT2D eigenvalue weighted by molar-refractivity contribution is 5.74. The van der Waals surface area contributed by atoms with Gasteiger partial charge in [0, 0.05) is 7.05 Å². The maximum Gasteiger partial charge on any atom is 0.00277 e. The van der Waals surface area contributed by atoms with E-state index in [9.17, 15) is 0 Å². The van der Waals surface area contributed by atoms with Gasteiger partial charge in [-0.15, -0.1) is 0 Å². The van der Waals surface area contributed by atoms with Gasteiger partial charge in [-0.05, 0) is 36.8 Å². The van der Waals surface area contributed by atoms with Crippen molar-refractivity contribution >= 4 is 5.57 Å². The molecule has 1 nitrogen and oxygen atoms in total. The van der Waals surface area contributed by atoms with Crippen LogP contribution in [0.4, 0.5) is 0 Å². The molecule has 0 fully saturated rings. The lowest BCUT2D eigenvalue weighted by atomic mass is 10.0. The average Bonchev–Trinajstić information content (AvgIpc) is 2.24. The first-order valence-electron chi connectivity index (χ1n) is 5.39. The Kier molecular flexibility index (Phi) is 4.69. The number of rotatable bonds is 4. The Morgan fingerprint density at radius 1 is 1.40 bits per heavy atom. The van der Waals surface area contributed by atoms with Crippen LogP contribution in [0, 0.1) is 6.92 Å². The lowest BCUT2D eigenvalue weighted by Crippen LogP contribution is -1.92. The Balaban J connectivity index is 2.99. The maximum atomic E-state index is 3.02. The van der Waals surface area contributed by atoms with Gasteiger partial charge in [-0.2, -0.15) is 0 Å². The van der Waals surface area contributed by atoms with Gasteiger partial charge in [-0.25, -0.2) is 0 Å². The fourth-order valence-corrected chi connectivity index (χ4v) is 1.50. The van der Waals surface area contributed by atoms with Crippen LogP contribution in [0.2, 0.25) is 0 Å². The Hall–Kier alpha value is -1.50. The van der Waals surface area contributed by atoms with Crippen molar-refractivity contribution < 1.29 is 0 Å². The summed E-state index contributed by atoms with van der Waals surface area (Å²) in [6.07, 6.45) is 7.36. The molecule has 0 unspecified atom stereocenters. The average molecular weight is 201 g/mol. The SMILES string of the molecule is CC/C=C(\C=C/NC)c1cccc(C)c1. The fraction of sp³-hybridized carbons (Fsp3) is 0.286. The standard InChI is InChI=1S/C14H19N/c1-4-6-13(9-10-15-3)14-8-5-7-12(2)11-14/h5-11,15H,4H2,1-3H3/b10-9-,13-6+. The summed E-state index contributed by atoms with van der Waals surface area (Å²) in [5, 5.41) is 3.02. The normalized spacial score (nSPS) is 12.1. The van der Waals surface area contributed by atoms with Crippen molar-refractivity contribution in [2.24, 2.45) is 0 Å². The molecule has 15 heavy (non-hydrogen) atoms. The van der Waals surface area contributed by atoms with Crippen molar-refractivity contribution in [1.29, 1.82) is 0 Å². The van der Waals surface area contributed by atoms with Gasteiger partial charge in [-0.3, -0.25) is 0 Å². The van der Waals surface area contributed by atoms with Crippen LogP contribution in [0.25, 0.3) is 5.57 Å². The van der Waals surface area contributed by atoms with E-state index in [0.29, 0.717) is 0 Å². The van der Waals surface area contributed by atoms with Gasteiger partial charge in [0.15, 0.2) is 0 Å². The first-order valence-corrected chi connectivity index (χ1v) is 5.39. The third kappa shape index (κ3) is 3.62. The van der Waals surface area contributed by atoms with Crippen molar-refractivity contribution in [3.8, 4) is 0 Å². The van der Waals surface area contributed by atoms with Crippen LogP contribution in [0.3, 0.4) is 0 Å². The zero-order chi connectivity index (χ0) is 11.1. The fourth-order valence-electron chi connectivity index (χ4n) is 1.50. The zero-order valence-electron chi connectivity index (χ0n) is 9.75. The van der Waals surface area contributed by atoms with Crippen molar-refractivity contribution in [1.82, 2.24) is 5.32 Å². The molecule has 0 spiro atoms. The molecule has 0 saturated carbocycles. The van der Waals surface area contributed by atoms with Gasteiger partial charge in [0.1, 0.15) is 0 Å². The van der Waals surface area contributed by atoms with Crippen LogP contribution in [-0.4, -0.2) is 7.05 Å². The molecular weight excluding hydrogens is 182 g/mol. The molecule has 0 heterocycles. The van der Waals surface area contributed by atoms with Crippen LogP contribution >= 0.6 is 0 Å². The molecule has 0 aliphatic carbocycles. The van der Waals surface area contributed by atoms with E-state index in [-0.39, 0.29) is 0 Å². The van der Waals surface area contributed by atoms with Crippen LogP contribution < -0.4 is 5.32 Å². The van der Waals surface area contributed by atoms with Crippen molar-refractivity contribution in [3.63, 3.8) is 0 Å². The topological polar surface area (TPSA) is 12.0 Å². The number of nitrogens with one attached hydrogen (secondary N) is 1. The molecule has 0 saturated heterocycles. The Morgan fingerprint density at radius 3 is 2.80 bits per heavy atom. The summed E-state index contributed by atoms with van der Waals surface area (Å²) in [5.74, 6) is 0. The minimum absolute atomic E-state index is 1.05. The molecule has 80 valence electrons. The van der Waals surface area contributed by atoms with E-state index in [2.05, 4.69) is 55.6 Å². The number of aryl methyl sites for hydroxylation is 1. The zero-order valence-corrected chi connectivity index (χ0v) is 9.75. The molecule has 1 aromatic rings. The summed E-state index contributed by atoms with van der Waals surface area (Å²) in [6.45, 7) is 4.28. The van der Waals surface area contributed by atoms with Crippen LogP contribution in [0.5, 0.6) is 0 Å². The number of allylic oxidation sites excluding steroid dienone is 3. The summed E-state index contributed by atoms with van der Waals surface area (Å²) >= 11 is 0. The highest BCUT2D eigenvalue weighted by Crippen LogP contribution is 2.17. The second-order valence-electron chi connectivity index (χ2n) is 3.56. The van der Waals surface area contributed by atoms with E-state index in [1.54, 1.807) is 0 Å². The maximum absolute atomic E-state index is 3.02. The minimum Gasteiger partial charge on any atom is -0.394 e. The number of hydrogen-bond acceptors (Lipinski definition) is 1. The van der Waals surface area contributed by atoms with E-state index in [0.717, 1.165) is 6.42 Å². The quantitative estimate of drug-likeness (QED) is 0.735. The smallest absolute Gasteiger partial charge is 0.00277 e. The largest absolute Gasteiger partial charge is 0.394 e. The predicted molar refractivity (Wildman–Crippen MR) is 67.6 cm³/mol. The molecule has 0 bridgehead atoms. The molecule has 0 aliphatic rings. The monoisotopic (exact) mass is 201 g/mol. The van der Waals surface area contributed by atoms with Crippen LogP contribution in [0.15, 0.2) is 42.6 Å². The molecule has 1 rings (SSSR count). The van der Waals surface area contributed by atoms with Crippen molar-refractivity contribution in [2.75, 3.05) is 7.05 Å². The van der Waals surface area contributed by atoms with Gasteiger partial charge in [0.25, 0.3) is 0 Å². The van der Waals surface area contributed by atoms with E-state index >= 15 is 0 Å². The van der Waals surface area contributed by atoms with Crippen molar-refractivity contribution in [3.05, 3.63) is 53.7 Å². The molecule has 1 heteroatoms. The van der Waals surface area contributed by atoms with E-state index < -0.39 is 0 Å².